The van der Waals surface area contributed by atoms with E-state index in [0.717, 1.165) is 32.1 Å². The maximum absolute atomic E-state index is 10.8. The standard InChI is InChI=1S/C12H15BN2O4/c16-8-13-15-5-2-10(3-6-15)19-11-7-9(12(17)18)1-4-14-11/h1,4,7-8,10,13H,2-3,5-6H2,(H,17,18). The van der Waals surface area contributed by atoms with Crippen molar-refractivity contribution < 1.29 is 19.4 Å². The molecule has 0 spiro atoms. The highest BCUT2D eigenvalue weighted by molar-refractivity contribution is 6.64. The fraction of sp³-hybridized carbons (Fsp3) is 0.417. The van der Waals surface area contributed by atoms with Gasteiger partial charge >= 0.3 is 5.97 Å². The van der Waals surface area contributed by atoms with E-state index in [0.29, 0.717) is 13.3 Å². The third kappa shape index (κ3) is 3.79. The fourth-order valence-electron chi connectivity index (χ4n) is 2.09. The molecule has 1 N–H and O–H groups in total. The van der Waals surface area contributed by atoms with Gasteiger partial charge in [0.05, 0.1) is 11.7 Å². The van der Waals surface area contributed by atoms with Crippen molar-refractivity contribution in [2.24, 2.45) is 0 Å². The summed E-state index contributed by atoms with van der Waals surface area (Å²) in [5, 5.41) is 8.89. The van der Waals surface area contributed by atoms with E-state index in [1.165, 1.54) is 18.3 Å². The minimum Gasteiger partial charge on any atom is -0.478 e. The number of hydrogen-bond acceptors (Lipinski definition) is 5. The van der Waals surface area contributed by atoms with Crippen LogP contribution in [0.15, 0.2) is 18.3 Å². The molecular formula is C12H15BN2O4. The molecule has 0 aromatic carbocycles. The van der Waals surface area contributed by atoms with Crippen molar-refractivity contribution in [3.05, 3.63) is 23.9 Å². The Hall–Kier alpha value is -1.89. The van der Waals surface area contributed by atoms with Crippen LogP contribution in [0, 0.1) is 0 Å². The Bertz CT molecular complexity index is 461. The Morgan fingerprint density at radius 3 is 2.89 bits per heavy atom. The number of pyridine rings is 1. The van der Waals surface area contributed by atoms with Gasteiger partial charge in [0.1, 0.15) is 6.10 Å². The molecule has 19 heavy (non-hydrogen) atoms. The molecule has 1 fully saturated rings. The number of nitrogens with zero attached hydrogens (tertiary/aromatic N) is 2. The van der Waals surface area contributed by atoms with Crippen LogP contribution in [0.5, 0.6) is 5.88 Å². The van der Waals surface area contributed by atoms with Crippen molar-refractivity contribution in [2.75, 3.05) is 13.1 Å². The van der Waals surface area contributed by atoms with Crippen LogP contribution >= 0.6 is 0 Å². The van der Waals surface area contributed by atoms with Crippen LogP contribution < -0.4 is 4.74 Å². The van der Waals surface area contributed by atoms with Crippen molar-refractivity contribution in [3.63, 3.8) is 0 Å². The van der Waals surface area contributed by atoms with Gasteiger partial charge in [0.15, 0.2) is 0 Å². The fourth-order valence-corrected chi connectivity index (χ4v) is 2.09. The van der Waals surface area contributed by atoms with Crippen molar-refractivity contribution in [3.8, 4) is 5.88 Å². The third-order valence-electron chi connectivity index (χ3n) is 3.14. The molecule has 0 radical (unpaired) electrons. The summed E-state index contributed by atoms with van der Waals surface area (Å²) >= 11 is 0. The van der Waals surface area contributed by atoms with Crippen molar-refractivity contribution in [2.45, 2.75) is 18.9 Å². The number of rotatable bonds is 5. The van der Waals surface area contributed by atoms with Gasteiger partial charge in [-0.25, -0.2) is 9.78 Å². The number of aromatic nitrogens is 1. The highest BCUT2D eigenvalue weighted by Gasteiger charge is 2.21. The Morgan fingerprint density at radius 1 is 1.53 bits per heavy atom. The zero-order chi connectivity index (χ0) is 13.7. The predicted molar refractivity (Wildman–Crippen MR) is 70.3 cm³/mol. The largest absolute Gasteiger partial charge is 0.478 e. The van der Waals surface area contributed by atoms with E-state index in [4.69, 9.17) is 9.84 Å². The van der Waals surface area contributed by atoms with E-state index in [9.17, 15) is 9.59 Å². The van der Waals surface area contributed by atoms with Gasteiger partial charge in [0.25, 0.3) is 7.41 Å². The Kier molecular flexibility index (Phi) is 4.51. The summed E-state index contributed by atoms with van der Waals surface area (Å²) in [6.45, 7) is 1.62. The van der Waals surface area contributed by atoms with Gasteiger partial charge in [-0.15, -0.1) is 0 Å². The molecule has 1 aliphatic rings. The van der Waals surface area contributed by atoms with Crippen LogP contribution in [0.2, 0.25) is 0 Å². The van der Waals surface area contributed by atoms with Crippen LogP contribution in [-0.2, 0) is 4.79 Å². The minimum atomic E-state index is -0.993. The molecular weight excluding hydrogens is 247 g/mol. The Labute approximate surface area is 111 Å². The first-order chi connectivity index (χ1) is 9.19. The number of piperidine rings is 1. The normalized spacial score (nSPS) is 16.8. The number of carbonyl (C=O) groups is 2. The number of carbonyl (C=O) groups excluding carboxylic acids is 1. The first-order valence-corrected chi connectivity index (χ1v) is 6.21. The lowest BCUT2D eigenvalue weighted by atomic mass is 9.90. The molecule has 6 nitrogen and oxygen atoms in total. The van der Waals surface area contributed by atoms with E-state index in [1.54, 1.807) is 0 Å². The molecule has 0 amide bonds. The zero-order valence-corrected chi connectivity index (χ0v) is 10.5. The molecule has 100 valence electrons. The molecule has 2 rings (SSSR count). The van der Waals surface area contributed by atoms with Crippen LogP contribution in [0.25, 0.3) is 0 Å². The van der Waals surface area contributed by atoms with Gasteiger partial charge < -0.3 is 19.4 Å². The maximum Gasteiger partial charge on any atom is 0.335 e. The maximum atomic E-state index is 10.8. The summed E-state index contributed by atoms with van der Waals surface area (Å²) < 4.78 is 5.68. The molecule has 1 saturated heterocycles. The van der Waals surface area contributed by atoms with Gasteiger partial charge in [-0.1, -0.05) is 0 Å². The molecule has 7 heteroatoms. The van der Waals surface area contributed by atoms with Crippen LogP contribution in [0.1, 0.15) is 23.2 Å². The molecule has 0 atom stereocenters. The second-order valence-corrected chi connectivity index (χ2v) is 4.47. The average molecular weight is 262 g/mol. The lowest BCUT2D eigenvalue weighted by Gasteiger charge is -2.30. The van der Waals surface area contributed by atoms with E-state index < -0.39 is 5.97 Å². The molecule has 0 saturated carbocycles. The third-order valence-corrected chi connectivity index (χ3v) is 3.14. The van der Waals surface area contributed by atoms with Gasteiger partial charge in [0, 0.05) is 12.3 Å². The quantitative estimate of drug-likeness (QED) is 0.601. The minimum absolute atomic E-state index is 0.0273. The lowest BCUT2D eigenvalue weighted by Crippen LogP contribution is -2.40. The first-order valence-electron chi connectivity index (χ1n) is 6.21. The summed E-state index contributed by atoms with van der Waals surface area (Å²) in [5.74, 6) is -0.651. The summed E-state index contributed by atoms with van der Waals surface area (Å²) in [6, 6.07) is 2.86. The summed E-state index contributed by atoms with van der Waals surface area (Å²) in [6.07, 6.45) is 3.98. The van der Waals surface area contributed by atoms with E-state index in [1.807, 2.05) is 0 Å². The molecule has 2 heterocycles. The van der Waals surface area contributed by atoms with Gasteiger partial charge in [-0.3, -0.25) is 0 Å². The topological polar surface area (TPSA) is 79.7 Å². The first kappa shape index (κ1) is 13.5. The van der Waals surface area contributed by atoms with Gasteiger partial charge in [-0.2, -0.15) is 0 Å². The molecule has 1 aromatic rings. The number of carboxylic acids is 1. The van der Waals surface area contributed by atoms with Gasteiger partial charge in [-0.05, 0) is 32.0 Å². The van der Waals surface area contributed by atoms with Crippen LogP contribution in [0.3, 0.4) is 0 Å². The van der Waals surface area contributed by atoms with Crippen LogP contribution in [-0.4, -0.2) is 53.7 Å². The number of hydrogen-bond donors (Lipinski definition) is 1. The smallest absolute Gasteiger partial charge is 0.335 e. The molecule has 0 unspecified atom stereocenters. The number of ether oxygens (including phenoxy) is 1. The number of carboxylic acid groups (broad SMARTS) is 1. The summed E-state index contributed by atoms with van der Waals surface area (Å²) in [7, 11) is 0.458. The van der Waals surface area contributed by atoms with Crippen molar-refractivity contribution in [1.29, 1.82) is 0 Å². The monoisotopic (exact) mass is 262 g/mol. The number of aromatic carboxylic acids is 1. The highest BCUT2D eigenvalue weighted by atomic mass is 16.5. The summed E-state index contributed by atoms with van der Waals surface area (Å²) in [4.78, 5) is 27.3. The average Bonchev–Trinajstić information content (AvgIpc) is 2.42. The van der Waals surface area contributed by atoms with E-state index in [-0.39, 0.29) is 11.7 Å². The molecule has 1 aliphatic heterocycles. The molecule has 1 aromatic heterocycles. The lowest BCUT2D eigenvalue weighted by molar-refractivity contribution is 0.0695. The highest BCUT2D eigenvalue weighted by Crippen LogP contribution is 2.17. The second kappa shape index (κ2) is 6.33. The van der Waals surface area contributed by atoms with Crippen molar-refractivity contribution in [1.82, 2.24) is 9.79 Å². The zero-order valence-electron chi connectivity index (χ0n) is 10.5. The Morgan fingerprint density at radius 2 is 2.26 bits per heavy atom. The summed E-state index contributed by atoms with van der Waals surface area (Å²) in [5.41, 5.74) is 0.170. The second-order valence-electron chi connectivity index (χ2n) is 4.47. The molecule has 0 aliphatic carbocycles. The SMILES string of the molecule is O=CBN1CCC(Oc2cc(C(=O)O)ccn2)CC1. The Balaban J connectivity index is 1.90. The van der Waals surface area contributed by atoms with E-state index in [2.05, 4.69) is 9.79 Å². The van der Waals surface area contributed by atoms with Crippen molar-refractivity contribution >= 4 is 19.6 Å². The van der Waals surface area contributed by atoms with Gasteiger partial charge in [0.2, 0.25) is 5.88 Å². The van der Waals surface area contributed by atoms with E-state index >= 15 is 0 Å². The molecule has 0 bridgehead atoms. The van der Waals surface area contributed by atoms with Crippen LogP contribution in [0.4, 0.5) is 0 Å². The predicted octanol–water partition coefficient (Wildman–Crippen LogP) is 0.165.